The highest BCUT2D eigenvalue weighted by Gasteiger charge is 2.07. The van der Waals surface area contributed by atoms with E-state index < -0.39 is 0 Å². The van der Waals surface area contributed by atoms with Crippen molar-refractivity contribution in [2.75, 3.05) is 18.5 Å². The Balaban J connectivity index is 1.71. The molecule has 0 aliphatic carbocycles. The molecule has 1 aromatic carbocycles. The number of benzene rings is 1. The monoisotopic (exact) mass is 333 g/mol. The molecule has 1 aromatic heterocycles. The molecule has 0 unspecified atom stereocenters. The third-order valence-electron chi connectivity index (χ3n) is 3.68. The second-order valence-electron chi connectivity index (χ2n) is 5.81. The molecule has 0 fully saturated rings. The predicted octanol–water partition coefficient (Wildman–Crippen LogP) is 4.83. The number of halogens is 1. The summed E-state index contributed by atoms with van der Waals surface area (Å²) in [5.41, 5.74) is 2.15. The summed E-state index contributed by atoms with van der Waals surface area (Å²) >= 11 is 5.97. The van der Waals surface area contributed by atoms with Crippen molar-refractivity contribution in [2.45, 2.75) is 39.5 Å². The van der Waals surface area contributed by atoms with Gasteiger partial charge in [-0.3, -0.25) is 0 Å². The van der Waals surface area contributed by atoms with Crippen LogP contribution in [0.25, 0.3) is 0 Å². The lowest BCUT2D eigenvalue weighted by molar-refractivity contribution is 0.304. The van der Waals surface area contributed by atoms with Gasteiger partial charge in [-0.15, -0.1) is 0 Å². The van der Waals surface area contributed by atoms with Gasteiger partial charge in [-0.2, -0.15) is 0 Å². The number of nitrogens with one attached hydrogen (secondary N) is 1. The number of nitrogens with zero attached hydrogens (tertiary/aromatic N) is 2. The van der Waals surface area contributed by atoms with E-state index in [9.17, 15) is 0 Å². The third-order valence-corrected chi connectivity index (χ3v) is 4.07. The van der Waals surface area contributed by atoms with Gasteiger partial charge in [0.25, 0.3) is 0 Å². The van der Waals surface area contributed by atoms with E-state index in [2.05, 4.69) is 41.3 Å². The van der Waals surface area contributed by atoms with Crippen LogP contribution in [-0.2, 0) is 0 Å². The number of rotatable bonds is 8. The van der Waals surface area contributed by atoms with Crippen LogP contribution in [-0.4, -0.2) is 23.1 Å². The second kappa shape index (κ2) is 8.73. The number of anilines is 1. The lowest BCUT2D eigenvalue weighted by Crippen LogP contribution is -2.08. The summed E-state index contributed by atoms with van der Waals surface area (Å²) in [5, 5.41) is 3.79. The molecule has 2 rings (SSSR count). The van der Waals surface area contributed by atoms with E-state index in [-0.39, 0.29) is 0 Å². The summed E-state index contributed by atoms with van der Waals surface area (Å²) in [4.78, 5) is 8.14. The maximum absolute atomic E-state index is 5.97. The Morgan fingerprint density at radius 2 is 1.96 bits per heavy atom. The van der Waals surface area contributed by atoms with E-state index in [0.29, 0.717) is 11.1 Å². The maximum atomic E-state index is 5.97. The van der Waals surface area contributed by atoms with Gasteiger partial charge in [0.2, 0.25) is 0 Å². The van der Waals surface area contributed by atoms with Crippen molar-refractivity contribution < 1.29 is 4.74 Å². The Morgan fingerprint density at radius 1 is 1.17 bits per heavy atom. The third kappa shape index (κ3) is 5.10. The number of para-hydroxylation sites is 1. The molecule has 2 aromatic rings. The van der Waals surface area contributed by atoms with Crippen LogP contribution in [0.2, 0.25) is 5.15 Å². The highest BCUT2D eigenvalue weighted by Crippen LogP contribution is 2.26. The van der Waals surface area contributed by atoms with E-state index in [1.807, 2.05) is 19.1 Å². The summed E-state index contributed by atoms with van der Waals surface area (Å²) in [6.45, 7) is 7.83. The van der Waals surface area contributed by atoms with Gasteiger partial charge in [-0.1, -0.05) is 43.6 Å². The molecule has 0 spiro atoms. The number of ether oxygens (including phenoxy) is 1. The van der Waals surface area contributed by atoms with Crippen LogP contribution in [0.4, 0.5) is 5.82 Å². The molecule has 0 atom stereocenters. The predicted molar refractivity (Wildman–Crippen MR) is 95.5 cm³/mol. The van der Waals surface area contributed by atoms with Crippen LogP contribution in [0, 0.1) is 6.92 Å². The molecule has 0 bridgehead atoms. The first-order chi connectivity index (χ1) is 11.1. The standard InChI is InChI=1S/C18H24ClN3O/c1-13(2)15-8-4-5-9-16(15)23-11-7-6-10-20-18-14(3)17(19)21-12-22-18/h4-5,8-9,12-13H,6-7,10-11H2,1-3H3,(H,20,21,22). The average molecular weight is 334 g/mol. The van der Waals surface area contributed by atoms with Crippen LogP contribution in [0.5, 0.6) is 5.75 Å². The van der Waals surface area contributed by atoms with Gasteiger partial charge in [-0.25, -0.2) is 9.97 Å². The zero-order valence-electron chi connectivity index (χ0n) is 14.0. The molecule has 0 saturated carbocycles. The zero-order valence-corrected chi connectivity index (χ0v) is 14.7. The molecular weight excluding hydrogens is 310 g/mol. The van der Waals surface area contributed by atoms with Crippen molar-refractivity contribution >= 4 is 17.4 Å². The minimum Gasteiger partial charge on any atom is -0.493 e. The van der Waals surface area contributed by atoms with Gasteiger partial charge >= 0.3 is 0 Å². The summed E-state index contributed by atoms with van der Waals surface area (Å²) in [6, 6.07) is 8.24. The van der Waals surface area contributed by atoms with Gasteiger partial charge in [-0.05, 0) is 37.3 Å². The first kappa shape index (κ1) is 17.5. The topological polar surface area (TPSA) is 47.0 Å². The number of unbranched alkanes of at least 4 members (excludes halogenated alkanes) is 1. The lowest BCUT2D eigenvalue weighted by atomic mass is 10.0. The van der Waals surface area contributed by atoms with Crippen molar-refractivity contribution in [1.29, 1.82) is 0 Å². The van der Waals surface area contributed by atoms with E-state index in [0.717, 1.165) is 43.1 Å². The Bertz CT molecular complexity index is 631. The molecule has 124 valence electrons. The fourth-order valence-electron chi connectivity index (χ4n) is 2.31. The smallest absolute Gasteiger partial charge is 0.137 e. The minimum atomic E-state index is 0.471. The van der Waals surface area contributed by atoms with Crippen molar-refractivity contribution in [2.24, 2.45) is 0 Å². The van der Waals surface area contributed by atoms with E-state index in [1.54, 1.807) is 0 Å². The summed E-state index contributed by atoms with van der Waals surface area (Å²) in [5.74, 6) is 2.27. The highest BCUT2D eigenvalue weighted by atomic mass is 35.5. The first-order valence-corrected chi connectivity index (χ1v) is 8.40. The molecule has 4 nitrogen and oxygen atoms in total. The molecular formula is C18H24ClN3O. The van der Waals surface area contributed by atoms with Crippen LogP contribution in [0.15, 0.2) is 30.6 Å². The van der Waals surface area contributed by atoms with E-state index >= 15 is 0 Å². The summed E-state index contributed by atoms with van der Waals surface area (Å²) in [6.07, 6.45) is 3.46. The average Bonchev–Trinajstić information content (AvgIpc) is 2.54. The Morgan fingerprint density at radius 3 is 2.74 bits per heavy atom. The van der Waals surface area contributed by atoms with Crippen molar-refractivity contribution in [1.82, 2.24) is 9.97 Å². The SMILES string of the molecule is Cc1c(Cl)ncnc1NCCCCOc1ccccc1C(C)C. The fraction of sp³-hybridized carbons (Fsp3) is 0.444. The highest BCUT2D eigenvalue weighted by molar-refractivity contribution is 6.30. The van der Waals surface area contributed by atoms with Crippen LogP contribution >= 0.6 is 11.6 Å². The fourth-order valence-corrected chi connectivity index (χ4v) is 2.44. The van der Waals surface area contributed by atoms with Crippen LogP contribution in [0.3, 0.4) is 0 Å². The molecule has 0 radical (unpaired) electrons. The van der Waals surface area contributed by atoms with Gasteiger partial charge in [0.05, 0.1) is 6.61 Å². The molecule has 0 amide bonds. The zero-order chi connectivity index (χ0) is 16.7. The van der Waals surface area contributed by atoms with Gasteiger partial charge in [0.15, 0.2) is 0 Å². The number of aromatic nitrogens is 2. The Labute approximate surface area is 143 Å². The molecule has 0 aliphatic rings. The molecule has 0 saturated heterocycles. The quantitative estimate of drug-likeness (QED) is 0.555. The van der Waals surface area contributed by atoms with Crippen molar-refractivity contribution in [3.8, 4) is 5.75 Å². The van der Waals surface area contributed by atoms with Gasteiger partial charge in [0.1, 0.15) is 23.0 Å². The van der Waals surface area contributed by atoms with E-state index in [4.69, 9.17) is 16.3 Å². The van der Waals surface area contributed by atoms with E-state index in [1.165, 1.54) is 11.9 Å². The largest absolute Gasteiger partial charge is 0.493 e. The van der Waals surface area contributed by atoms with Crippen LogP contribution < -0.4 is 10.1 Å². The minimum absolute atomic E-state index is 0.471. The first-order valence-electron chi connectivity index (χ1n) is 8.02. The molecule has 5 heteroatoms. The van der Waals surface area contributed by atoms with Gasteiger partial charge in [0, 0.05) is 12.1 Å². The van der Waals surface area contributed by atoms with Crippen LogP contribution in [0.1, 0.15) is 43.7 Å². The van der Waals surface area contributed by atoms with Crippen molar-refractivity contribution in [3.05, 3.63) is 46.9 Å². The maximum Gasteiger partial charge on any atom is 0.137 e. The summed E-state index contributed by atoms with van der Waals surface area (Å²) < 4.78 is 5.92. The number of hydrogen-bond acceptors (Lipinski definition) is 4. The Hall–Kier alpha value is -1.81. The lowest BCUT2D eigenvalue weighted by Gasteiger charge is -2.14. The molecule has 0 aliphatic heterocycles. The molecule has 1 N–H and O–H groups in total. The molecule has 1 heterocycles. The summed E-state index contributed by atoms with van der Waals surface area (Å²) in [7, 11) is 0. The van der Waals surface area contributed by atoms with Crippen molar-refractivity contribution in [3.63, 3.8) is 0 Å². The van der Waals surface area contributed by atoms with Gasteiger partial charge < -0.3 is 10.1 Å². The number of hydrogen-bond donors (Lipinski definition) is 1. The second-order valence-corrected chi connectivity index (χ2v) is 6.17. The normalized spacial score (nSPS) is 10.8. The Kier molecular flexibility index (Phi) is 6.66. The molecule has 23 heavy (non-hydrogen) atoms.